The van der Waals surface area contributed by atoms with Crippen molar-refractivity contribution in [2.75, 3.05) is 50.1 Å². The van der Waals surface area contributed by atoms with Gasteiger partial charge < -0.3 is 24.4 Å². The van der Waals surface area contributed by atoms with Gasteiger partial charge in [-0.25, -0.2) is 28.7 Å². The van der Waals surface area contributed by atoms with E-state index in [-0.39, 0.29) is 23.2 Å². The number of aromatic nitrogens is 5. The molecule has 9 nitrogen and oxygen atoms in total. The zero-order valence-corrected chi connectivity index (χ0v) is 20.1. The fourth-order valence-corrected chi connectivity index (χ4v) is 4.78. The lowest BCUT2D eigenvalue weighted by Gasteiger charge is -2.33. The molecule has 0 radical (unpaired) electrons. The molecule has 1 aromatic carbocycles. The largest absolute Gasteiger partial charge is 0.371 e. The van der Waals surface area contributed by atoms with Crippen LogP contribution in [0.2, 0.25) is 0 Å². The summed E-state index contributed by atoms with van der Waals surface area (Å²) in [4.78, 5) is 21.8. The molecule has 4 aromatic rings. The van der Waals surface area contributed by atoms with Crippen molar-refractivity contribution in [3.63, 3.8) is 0 Å². The summed E-state index contributed by atoms with van der Waals surface area (Å²) < 4.78 is 37.3. The second-order valence-corrected chi connectivity index (χ2v) is 9.30. The molecule has 0 saturated carbocycles. The number of benzene rings is 1. The Bertz CT molecular complexity index is 1420. The minimum atomic E-state index is -0.646. The van der Waals surface area contributed by atoms with E-state index in [1.165, 1.54) is 6.07 Å². The molecule has 1 atom stereocenters. The molecule has 0 bridgehead atoms. The van der Waals surface area contributed by atoms with Crippen LogP contribution < -0.4 is 10.2 Å². The number of hydrogen-bond donors (Lipinski definition) is 1. The monoisotopic (exact) mass is 492 g/mol. The van der Waals surface area contributed by atoms with Gasteiger partial charge in [0.15, 0.2) is 11.6 Å². The molecule has 6 rings (SSSR count). The fraction of sp³-hybridized carbons (Fsp3) is 0.360. The number of piperazine rings is 1. The van der Waals surface area contributed by atoms with Crippen molar-refractivity contribution in [1.82, 2.24) is 29.4 Å². The van der Waals surface area contributed by atoms with Crippen LogP contribution in [-0.2, 0) is 11.3 Å². The molecule has 1 N–H and O–H groups in total. The highest BCUT2D eigenvalue weighted by molar-refractivity contribution is 5.83. The number of rotatable bonds is 4. The summed E-state index contributed by atoms with van der Waals surface area (Å²) in [5.74, 6) is 0.170. The molecule has 0 amide bonds. The molecular formula is C25H26F2N8O. The first-order chi connectivity index (χ1) is 17.5. The number of nitrogens with one attached hydrogen (secondary N) is 1. The SMILES string of the molecule is C[C@@H]1COCc2nc3c(F)cc(-c4nc(Nc5ccc(N6CCN(C)CC6)cn5)ncc4F)cc3n21. The predicted octanol–water partition coefficient (Wildman–Crippen LogP) is 3.75. The molecule has 186 valence electrons. The minimum Gasteiger partial charge on any atom is -0.371 e. The van der Waals surface area contributed by atoms with E-state index in [9.17, 15) is 4.39 Å². The van der Waals surface area contributed by atoms with Crippen LogP contribution in [-0.4, -0.2) is 69.2 Å². The molecule has 0 unspecified atom stereocenters. The van der Waals surface area contributed by atoms with Crippen LogP contribution >= 0.6 is 0 Å². The highest BCUT2D eigenvalue weighted by Gasteiger charge is 2.24. The number of pyridine rings is 1. The van der Waals surface area contributed by atoms with Crippen LogP contribution in [0.15, 0.2) is 36.7 Å². The van der Waals surface area contributed by atoms with Gasteiger partial charge in [0.2, 0.25) is 5.95 Å². The third-order valence-electron chi connectivity index (χ3n) is 6.73. The van der Waals surface area contributed by atoms with Crippen LogP contribution in [0.5, 0.6) is 0 Å². The molecule has 1 saturated heterocycles. The molecular weight excluding hydrogens is 466 g/mol. The molecule has 1 fully saturated rings. The number of hydrogen-bond acceptors (Lipinski definition) is 8. The zero-order valence-electron chi connectivity index (χ0n) is 20.1. The Morgan fingerprint density at radius 2 is 1.83 bits per heavy atom. The highest BCUT2D eigenvalue weighted by Crippen LogP contribution is 2.32. The predicted molar refractivity (Wildman–Crippen MR) is 132 cm³/mol. The molecule has 5 heterocycles. The Morgan fingerprint density at radius 1 is 1.00 bits per heavy atom. The number of fused-ring (bicyclic) bond motifs is 3. The van der Waals surface area contributed by atoms with E-state index in [1.54, 1.807) is 12.3 Å². The number of likely N-dealkylation sites (N-methyl/N-ethyl adjacent to an activating group) is 1. The third-order valence-corrected chi connectivity index (χ3v) is 6.73. The number of nitrogens with zero attached hydrogens (tertiary/aromatic N) is 7. The normalized spacial score (nSPS) is 18.4. The maximum absolute atomic E-state index is 15.0. The number of anilines is 3. The van der Waals surface area contributed by atoms with Crippen molar-refractivity contribution in [2.24, 2.45) is 0 Å². The van der Waals surface area contributed by atoms with Crippen LogP contribution in [0.25, 0.3) is 22.3 Å². The lowest BCUT2D eigenvalue weighted by molar-refractivity contribution is 0.0621. The van der Waals surface area contributed by atoms with Gasteiger partial charge in [0.05, 0.1) is 36.2 Å². The standard InChI is InChI=1S/C25H26F2N8O/c1-15-13-36-14-22-31-24-18(26)9-16(10-20(24)35(15)22)23-19(27)12-29-25(32-23)30-21-4-3-17(11-28-21)34-7-5-33(2)6-8-34/h3-4,9-12,15H,5-8,13-14H2,1-2H3,(H,28,29,30,32)/t15-/m1/s1. The third kappa shape index (κ3) is 4.14. The van der Waals surface area contributed by atoms with Crippen molar-refractivity contribution in [3.05, 3.63) is 54.1 Å². The number of ether oxygens (including phenoxy) is 1. The summed E-state index contributed by atoms with van der Waals surface area (Å²) >= 11 is 0. The van der Waals surface area contributed by atoms with E-state index >= 15 is 4.39 Å². The molecule has 0 aliphatic carbocycles. The number of imidazole rings is 1. The van der Waals surface area contributed by atoms with E-state index in [2.05, 4.69) is 42.1 Å². The molecule has 2 aliphatic heterocycles. The van der Waals surface area contributed by atoms with Crippen molar-refractivity contribution in [1.29, 1.82) is 0 Å². The van der Waals surface area contributed by atoms with E-state index < -0.39 is 11.6 Å². The fourth-order valence-electron chi connectivity index (χ4n) is 4.78. The highest BCUT2D eigenvalue weighted by atomic mass is 19.1. The van der Waals surface area contributed by atoms with Crippen LogP contribution in [0.1, 0.15) is 18.8 Å². The first kappa shape index (κ1) is 22.7. The maximum Gasteiger partial charge on any atom is 0.229 e. The topological polar surface area (TPSA) is 84.2 Å². The second kappa shape index (κ2) is 9.07. The van der Waals surface area contributed by atoms with Gasteiger partial charge in [-0.15, -0.1) is 0 Å². The Kier molecular flexibility index (Phi) is 5.73. The minimum absolute atomic E-state index is 0.00220. The second-order valence-electron chi connectivity index (χ2n) is 9.30. The maximum atomic E-state index is 15.0. The Balaban J connectivity index is 1.28. The summed E-state index contributed by atoms with van der Waals surface area (Å²) in [6, 6.07) is 6.79. The van der Waals surface area contributed by atoms with Gasteiger partial charge in [-0.3, -0.25) is 0 Å². The lowest BCUT2D eigenvalue weighted by atomic mass is 10.1. The summed E-state index contributed by atoms with van der Waals surface area (Å²) in [6.07, 6.45) is 2.88. The lowest BCUT2D eigenvalue weighted by Crippen LogP contribution is -2.44. The first-order valence-corrected chi connectivity index (χ1v) is 11.9. The van der Waals surface area contributed by atoms with Gasteiger partial charge in [0, 0.05) is 31.7 Å². The van der Waals surface area contributed by atoms with Crippen molar-refractivity contribution in [2.45, 2.75) is 19.6 Å². The van der Waals surface area contributed by atoms with Crippen LogP contribution in [0.3, 0.4) is 0 Å². The van der Waals surface area contributed by atoms with Gasteiger partial charge in [0.1, 0.15) is 29.5 Å². The van der Waals surface area contributed by atoms with E-state index in [4.69, 9.17) is 4.74 Å². The molecule has 11 heteroatoms. The van der Waals surface area contributed by atoms with Crippen molar-refractivity contribution < 1.29 is 13.5 Å². The van der Waals surface area contributed by atoms with Gasteiger partial charge in [-0.2, -0.15) is 0 Å². The molecule has 0 spiro atoms. The molecule has 2 aliphatic rings. The molecule has 36 heavy (non-hydrogen) atoms. The quantitative estimate of drug-likeness (QED) is 0.461. The Labute approximate surface area is 206 Å². The van der Waals surface area contributed by atoms with Crippen molar-refractivity contribution in [3.8, 4) is 11.3 Å². The summed E-state index contributed by atoms with van der Waals surface area (Å²) in [5, 5.41) is 3.03. The zero-order chi connectivity index (χ0) is 24.8. The average Bonchev–Trinajstić information content (AvgIpc) is 3.27. The summed E-state index contributed by atoms with van der Waals surface area (Å²) in [6.45, 7) is 6.69. The van der Waals surface area contributed by atoms with E-state index in [0.29, 0.717) is 35.9 Å². The Hall–Kier alpha value is -3.70. The molecule has 3 aromatic heterocycles. The van der Waals surface area contributed by atoms with Crippen LogP contribution in [0, 0.1) is 11.6 Å². The Morgan fingerprint density at radius 3 is 2.61 bits per heavy atom. The van der Waals surface area contributed by atoms with Gasteiger partial charge in [0.25, 0.3) is 0 Å². The van der Waals surface area contributed by atoms with Gasteiger partial charge in [-0.05, 0) is 38.2 Å². The number of halogens is 2. The smallest absolute Gasteiger partial charge is 0.229 e. The first-order valence-electron chi connectivity index (χ1n) is 11.9. The van der Waals surface area contributed by atoms with E-state index in [0.717, 1.165) is 38.1 Å². The van der Waals surface area contributed by atoms with Crippen LogP contribution in [0.4, 0.5) is 26.2 Å². The van der Waals surface area contributed by atoms with E-state index in [1.807, 2.05) is 23.6 Å². The van der Waals surface area contributed by atoms with Gasteiger partial charge in [-0.1, -0.05) is 0 Å². The average molecular weight is 493 g/mol. The van der Waals surface area contributed by atoms with Gasteiger partial charge >= 0.3 is 0 Å². The van der Waals surface area contributed by atoms with Crippen molar-refractivity contribution >= 4 is 28.5 Å². The summed E-state index contributed by atoms with van der Waals surface area (Å²) in [7, 11) is 2.12. The summed E-state index contributed by atoms with van der Waals surface area (Å²) in [5.41, 5.74) is 2.18.